The number of carbonyl (C=O) groups is 3. The summed E-state index contributed by atoms with van der Waals surface area (Å²) in [6, 6.07) is 2.75. The molecule has 1 saturated carbocycles. The van der Waals surface area contributed by atoms with Gasteiger partial charge in [0, 0.05) is 6.42 Å². The Kier molecular flexibility index (Phi) is 7.32. The van der Waals surface area contributed by atoms with E-state index in [0.29, 0.717) is 18.1 Å². The maximum absolute atomic E-state index is 11.6. The molecule has 1 aliphatic carbocycles. The molecule has 3 amide bonds. The van der Waals surface area contributed by atoms with E-state index in [-0.39, 0.29) is 6.54 Å². The molecule has 1 fully saturated rings. The molecule has 1 aromatic heterocycles. The second kappa shape index (κ2) is 9.75. The van der Waals surface area contributed by atoms with E-state index in [1.165, 1.54) is 38.4 Å². The van der Waals surface area contributed by atoms with Crippen LogP contribution in [0.2, 0.25) is 0 Å². The molecule has 1 heterocycles. The summed E-state index contributed by atoms with van der Waals surface area (Å²) < 4.78 is 9.94. The molecule has 7 nitrogen and oxygen atoms in total. The van der Waals surface area contributed by atoms with Gasteiger partial charge in [0.1, 0.15) is 5.76 Å². The van der Waals surface area contributed by atoms with E-state index in [4.69, 9.17) is 9.15 Å². The Morgan fingerprint density at radius 1 is 1.21 bits per heavy atom. The summed E-state index contributed by atoms with van der Waals surface area (Å²) in [5.41, 5.74) is 0. The summed E-state index contributed by atoms with van der Waals surface area (Å²) in [6.45, 7) is -0.273. The van der Waals surface area contributed by atoms with Crippen LogP contribution < -0.4 is 10.6 Å². The Hall–Kier alpha value is -2.31. The lowest BCUT2D eigenvalue weighted by Gasteiger charge is -2.20. The van der Waals surface area contributed by atoms with Gasteiger partial charge in [-0.05, 0) is 24.5 Å². The highest BCUT2D eigenvalue weighted by Gasteiger charge is 2.16. The number of furan rings is 1. The Morgan fingerprint density at radius 3 is 2.71 bits per heavy atom. The van der Waals surface area contributed by atoms with Crippen molar-refractivity contribution in [2.24, 2.45) is 5.92 Å². The molecule has 0 spiro atoms. The third-order valence-electron chi connectivity index (χ3n) is 4.10. The van der Waals surface area contributed by atoms with E-state index in [9.17, 15) is 14.4 Å². The maximum Gasteiger partial charge on any atom is 0.321 e. The summed E-state index contributed by atoms with van der Waals surface area (Å²) in [5.74, 6) is 0.115. The van der Waals surface area contributed by atoms with Crippen molar-refractivity contribution in [3.8, 4) is 0 Å². The Balaban J connectivity index is 1.54. The lowest BCUT2D eigenvalue weighted by atomic mass is 9.86. The fourth-order valence-corrected chi connectivity index (χ4v) is 2.80. The zero-order valence-electron chi connectivity index (χ0n) is 13.7. The molecular formula is C17H24N2O5. The molecule has 132 valence electrons. The number of urea groups is 1. The molecule has 24 heavy (non-hydrogen) atoms. The number of nitrogens with one attached hydrogen (secondary N) is 2. The zero-order chi connectivity index (χ0) is 17.2. The lowest BCUT2D eigenvalue weighted by Crippen LogP contribution is -2.41. The number of imide groups is 1. The van der Waals surface area contributed by atoms with Crippen molar-refractivity contribution in [1.82, 2.24) is 10.6 Å². The minimum atomic E-state index is -0.658. The number of ether oxygens (including phenoxy) is 1. The average molecular weight is 336 g/mol. The molecule has 0 atom stereocenters. The summed E-state index contributed by atoms with van der Waals surface area (Å²) in [7, 11) is 0. The smallest absolute Gasteiger partial charge is 0.321 e. The van der Waals surface area contributed by atoms with Gasteiger partial charge in [0.25, 0.3) is 5.91 Å². The first-order chi connectivity index (χ1) is 11.6. The minimum absolute atomic E-state index is 0.174. The first-order valence-electron chi connectivity index (χ1n) is 8.39. The van der Waals surface area contributed by atoms with Gasteiger partial charge in [0.05, 0.1) is 12.8 Å². The number of amides is 3. The maximum atomic E-state index is 11.6. The largest absolute Gasteiger partial charge is 0.467 e. The van der Waals surface area contributed by atoms with E-state index < -0.39 is 24.5 Å². The Morgan fingerprint density at radius 2 is 2.00 bits per heavy atom. The van der Waals surface area contributed by atoms with Crippen LogP contribution in [0, 0.1) is 5.92 Å². The van der Waals surface area contributed by atoms with Crippen LogP contribution in [-0.2, 0) is 20.9 Å². The Bertz CT molecular complexity index is 535. The van der Waals surface area contributed by atoms with Gasteiger partial charge in [-0.2, -0.15) is 0 Å². The molecule has 0 saturated heterocycles. The molecule has 2 N–H and O–H groups in total. The third kappa shape index (κ3) is 6.85. The van der Waals surface area contributed by atoms with Crippen LogP contribution >= 0.6 is 0 Å². The summed E-state index contributed by atoms with van der Waals surface area (Å²) in [6.07, 6.45) is 8.71. The highest BCUT2D eigenvalue weighted by molar-refractivity contribution is 5.95. The van der Waals surface area contributed by atoms with Gasteiger partial charge in [-0.25, -0.2) is 4.79 Å². The molecule has 1 aromatic rings. The van der Waals surface area contributed by atoms with Gasteiger partial charge in [-0.15, -0.1) is 0 Å². The van der Waals surface area contributed by atoms with Gasteiger partial charge in [-0.3, -0.25) is 14.9 Å². The van der Waals surface area contributed by atoms with E-state index in [0.717, 1.165) is 6.42 Å². The molecule has 0 aliphatic heterocycles. The molecule has 7 heteroatoms. The quantitative estimate of drug-likeness (QED) is 0.746. The van der Waals surface area contributed by atoms with Crippen molar-refractivity contribution < 1.29 is 23.5 Å². The van der Waals surface area contributed by atoms with Gasteiger partial charge < -0.3 is 14.5 Å². The summed E-state index contributed by atoms with van der Waals surface area (Å²) >= 11 is 0. The zero-order valence-corrected chi connectivity index (χ0v) is 13.7. The van der Waals surface area contributed by atoms with Crippen LogP contribution in [-0.4, -0.2) is 24.5 Å². The fourth-order valence-electron chi connectivity index (χ4n) is 2.80. The molecule has 0 unspecified atom stereocenters. The first kappa shape index (κ1) is 18.0. The molecule has 2 rings (SSSR count). The van der Waals surface area contributed by atoms with Crippen LogP contribution in [0.1, 0.15) is 50.7 Å². The molecule has 0 aromatic carbocycles. The molecule has 0 radical (unpaired) electrons. The topological polar surface area (TPSA) is 97.6 Å². The van der Waals surface area contributed by atoms with Crippen molar-refractivity contribution >= 4 is 17.9 Å². The number of carbonyl (C=O) groups excluding carboxylic acids is 3. The van der Waals surface area contributed by atoms with E-state index >= 15 is 0 Å². The second-order valence-electron chi connectivity index (χ2n) is 6.01. The van der Waals surface area contributed by atoms with Gasteiger partial charge >= 0.3 is 12.0 Å². The van der Waals surface area contributed by atoms with Crippen LogP contribution in [0.15, 0.2) is 22.8 Å². The SMILES string of the molecule is O=C(COC(=O)CCC1CCCCC1)NC(=O)NCc1ccco1. The number of rotatable bonds is 7. The lowest BCUT2D eigenvalue weighted by molar-refractivity contribution is -0.148. The fraction of sp³-hybridized carbons (Fsp3) is 0.588. The normalized spacial score (nSPS) is 14.8. The van der Waals surface area contributed by atoms with Gasteiger partial charge in [0.2, 0.25) is 0 Å². The van der Waals surface area contributed by atoms with Gasteiger partial charge in [0.15, 0.2) is 6.61 Å². The van der Waals surface area contributed by atoms with E-state index in [2.05, 4.69) is 10.6 Å². The second-order valence-corrected chi connectivity index (χ2v) is 6.01. The number of hydrogen-bond donors (Lipinski definition) is 2. The van der Waals surface area contributed by atoms with E-state index in [1.54, 1.807) is 12.1 Å². The van der Waals surface area contributed by atoms with Crippen LogP contribution in [0.25, 0.3) is 0 Å². The van der Waals surface area contributed by atoms with Gasteiger partial charge in [-0.1, -0.05) is 32.1 Å². The van der Waals surface area contributed by atoms with E-state index in [1.807, 2.05) is 0 Å². The summed E-state index contributed by atoms with van der Waals surface area (Å²) in [5, 5.41) is 4.56. The molecule has 0 bridgehead atoms. The standard InChI is InChI=1S/C17H24N2O5/c20-15(19-17(22)18-11-14-7-4-10-23-14)12-24-16(21)9-8-13-5-2-1-3-6-13/h4,7,10,13H,1-3,5-6,8-9,11-12H2,(H2,18,19,20,22). The third-order valence-corrected chi connectivity index (χ3v) is 4.10. The first-order valence-corrected chi connectivity index (χ1v) is 8.39. The van der Waals surface area contributed by atoms with Crippen LogP contribution in [0.5, 0.6) is 0 Å². The van der Waals surface area contributed by atoms with Crippen molar-refractivity contribution in [1.29, 1.82) is 0 Å². The van der Waals surface area contributed by atoms with Crippen LogP contribution in [0.3, 0.4) is 0 Å². The van der Waals surface area contributed by atoms with Crippen molar-refractivity contribution in [2.75, 3.05) is 6.61 Å². The predicted octanol–water partition coefficient (Wildman–Crippen LogP) is 2.51. The summed E-state index contributed by atoms with van der Waals surface area (Å²) in [4.78, 5) is 34.7. The highest BCUT2D eigenvalue weighted by atomic mass is 16.5. The van der Waals surface area contributed by atoms with Crippen molar-refractivity contribution in [3.63, 3.8) is 0 Å². The molecular weight excluding hydrogens is 312 g/mol. The highest BCUT2D eigenvalue weighted by Crippen LogP contribution is 2.27. The number of hydrogen-bond acceptors (Lipinski definition) is 5. The van der Waals surface area contributed by atoms with Crippen molar-refractivity contribution in [2.45, 2.75) is 51.5 Å². The average Bonchev–Trinajstić information content (AvgIpc) is 3.11. The van der Waals surface area contributed by atoms with Crippen LogP contribution in [0.4, 0.5) is 4.79 Å². The Labute approximate surface area is 141 Å². The number of esters is 1. The predicted molar refractivity (Wildman–Crippen MR) is 85.9 cm³/mol. The van der Waals surface area contributed by atoms with Crippen molar-refractivity contribution in [3.05, 3.63) is 24.2 Å². The molecule has 1 aliphatic rings. The minimum Gasteiger partial charge on any atom is -0.467 e. The monoisotopic (exact) mass is 336 g/mol.